The lowest BCUT2D eigenvalue weighted by Gasteiger charge is -2.30. The van der Waals surface area contributed by atoms with Crippen molar-refractivity contribution in [2.24, 2.45) is 0 Å². The van der Waals surface area contributed by atoms with E-state index in [1.165, 1.54) is 0 Å². The van der Waals surface area contributed by atoms with Crippen molar-refractivity contribution in [3.05, 3.63) is 29.8 Å². The third-order valence-electron chi connectivity index (χ3n) is 3.64. The summed E-state index contributed by atoms with van der Waals surface area (Å²) in [7, 11) is 0. The van der Waals surface area contributed by atoms with Gasteiger partial charge in [0, 0.05) is 13.1 Å². The molecular weight excluding hydrogens is 254 g/mol. The van der Waals surface area contributed by atoms with Crippen LogP contribution in [0, 0.1) is 0 Å². The van der Waals surface area contributed by atoms with E-state index in [-0.39, 0.29) is 12.5 Å². The first-order valence-electron chi connectivity index (χ1n) is 7.25. The second kappa shape index (κ2) is 6.75. The highest BCUT2D eigenvalue weighted by Gasteiger charge is 2.22. The van der Waals surface area contributed by atoms with Crippen molar-refractivity contribution < 1.29 is 14.6 Å². The zero-order valence-electron chi connectivity index (χ0n) is 12.2. The van der Waals surface area contributed by atoms with Gasteiger partial charge in [0.05, 0.1) is 6.10 Å². The molecule has 0 aromatic heterocycles. The highest BCUT2D eigenvalue weighted by molar-refractivity contribution is 5.78. The van der Waals surface area contributed by atoms with Crippen molar-refractivity contribution in [2.75, 3.05) is 19.7 Å². The van der Waals surface area contributed by atoms with Crippen LogP contribution < -0.4 is 4.74 Å². The fraction of sp³-hybridized carbons (Fsp3) is 0.562. The van der Waals surface area contributed by atoms with Crippen LogP contribution in [0.15, 0.2) is 24.3 Å². The number of nitrogens with zero attached hydrogens (tertiary/aromatic N) is 1. The molecule has 0 bridgehead atoms. The number of para-hydroxylation sites is 1. The average molecular weight is 277 g/mol. The predicted molar refractivity (Wildman–Crippen MR) is 77.8 cm³/mol. The molecule has 1 N–H and O–H groups in total. The summed E-state index contributed by atoms with van der Waals surface area (Å²) in [5, 5.41) is 9.60. The van der Waals surface area contributed by atoms with Gasteiger partial charge in [0.1, 0.15) is 5.75 Å². The molecule has 0 aliphatic carbocycles. The van der Waals surface area contributed by atoms with E-state index in [1.54, 1.807) is 4.90 Å². The number of likely N-dealkylation sites (tertiary alicyclic amines) is 1. The number of aliphatic hydroxyl groups excluding tert-OH is 1. The summed E-state index contributed by atoms with van der Waals surface area (Å²) in [6.07, 6.45) is 1.24. The summed E-state index contributed by atoms with van der Waals surface area (Å²) in [5.41, 5.74) is 1.11. The number of ether oxygens (including phenoxy) is 1. The minimum Gasteiger partial charge on any atom is -0.483 e. The van der Waals surface area contributed by atoms with Crippen molar-refractivity contribution in [2.45, 2.75) is 38.7 Å². The first kappa shape index (κ1) is 14.9. The highest BCUT2D eigenvalue weighted by atomic mass is 16.5. The number of hydrogen-bond donors (Lipinski definition) is 1. The van der Waals surface area contributed by atoms with Crippen LogP contribution in [0.2, 0.25) is 0 Å². The maximum atomic E-state index is 12.1. The van der Waals surface area contributed by atoms with Crippen LogP contribution in [0.5, 0.6) is 5.75 Å². The van der Waals surface area contributed by atoms with Crippen molar-refractivity contribution in [1.82, 2.24) is 4.90 Å². The smallest absolute Gasteiger partial charge is 0.260 e. The molecule has 1 fully saturated rings. The number of rotatable bonds is 4. The molecule has 1 aromatic rings. The molecule has 1 aromatic carbocycles. The molecule has 1 unspecified atom stereocenters. The van der Waals surface area contributed by atoms with Gasteiger partial charge < -0.3 is 14.7 Å². The van der Waals surface area contributed by atoms with Crippen LogP contribution in [0.4, 0.5) is 0 Å². The zero-order valence-corrected chi connectivity index (χ0v) is 12.2. The quantitative estimate of drug-likeness (QED) is 0.917. The number of carbonyl (C=O) groups excluding carboxylic acids is 1. The SMILES string of the molecule is CC(C)c1ccccc1OCC(=O)N1CCCC(O)C1. The molecule has 2 rings (SSSR count). The van der Waals surface area contributed by atoms with Gasteiger partial charge in [0.15, 0.2) is 6.61 Å². The van der Waals surface area contributed by atoms with Crippen LogP contribution in [-0.4, -0.2) is 41.7 Å². The first-order valence-corrected chi connectivity index (χ1v) is 7.25. The van der Waals surface area contributed by atoms with Gasteiger partial charge in [-0.1, -0.05) is 32.0 Å². The number of amides is 1. The molecule has 0 radical (unpaired) electrons. The predicted octanol–water partition coefficient (Wildman–Crippen LogP) is 2.17. The maximum Gasteiger partial charge on any atom is 0.260 e. The Morgan fingerprint density at radius 2 is 2.20 bits per heavy atom. The van der Waals surface area contributed by atoms with Crippen LogP contribution >= 0.6 is 0 Å². The molecule has 1 saturated heterocycles. The summed E-state index contributed by atoms with van der Waals surface area (Å²) < 4.78 is 5.68. The van der Waals surface area contributed by atoms with Gasteiger partial charge in [0.2, 0.25) is 0 Å². The molecule has 1 amide bonds. The summed E-state index contributed by atoms with van der Waals surface area (Å²) in [6, 6.07) is 7.81. The van der Waals surface area contributed by atoms with Gasteiger partial charge in [-0.25, -0.2) is 0 Å². The van der Waals surface area contributed by atoms with E-state index in [1.807, 2.05) is 24.3 Å². The van der Waals surface area contributed by atoms with Crippen molar-refractivity contribution in [3.8, 4) is 5.75 Å². The lowest BCUT2D eigenvalue weighted by molar-refractivity contribution is -0.136. The van der Waals surface area contributed by atoms with E-state index in [9.17, 15) is 9.90 Å². The Bertz CT molecular complexity index is 459. The minimum atomic E-state index is -0.393. The largest absolute Gasteiger partial charge is 0.483 e. The van der Waals surface area contributed by atoms with Gasteiger partial charge in [-0.15, -0.1) is 0 Å². The minimum absolute atomic E-state index is 0.0381. The topological polar surface area (TPSA) is 49.8 Å². The number of carbonyl (C=O) groups is 1. The third-order valence-corrected chi connectivity index (χ3v) is 3.64. The Labute approximate surface area is 120 Å². The molecule has 1 heterocycles. The van der Waals surface area contributed by atoms with E-state index >= 15 is 0 Å². The summed E-state index contributed by atoms with van der Waals surface area (Å²) in [4.78, 5) is 13.8. The molecule has 4 heteroatoms. The van der Waals surface area contributed by atoms with Crippen LogP contribution in [-0.2, 0) is 4.79 Å². The summed E-state index contributed by atoms with van der Waals surface area (Å²) in [5.74, 6) is 1.08. The van der Waals surface area contributed by atoms with E-state index < -0.39 is 6.10 Å². The second-order valence-electron chi connectivity index (χ2n) is 5.62. The number of aliphatic hydroxyl groups is 1. The van der Waals surface area contributed by atoms with Crippen LogP contribution in [0.3, 0.4) is 0 Å². The van der Waals surface area contributed by atoms with Crippen molar-refractivity contribution in [1.29, 1.82) is 0 Å². The maximum absolute atomic E-state index is 12.1. The Kier molecular flexibility index (Phi) is 5.01. The summed E-state index contributed by atoms with van der Waals surface area (Å²) >= 11 is 0. The van der Waals surface area contributed by atoms with E-state index in [2.05, 4.69) is 13.8 Å². The van der Waals surface area contributed by atoms with Gasteiger partial charge >= 0.3 is 0 Å². The van der Waals surface area contributed by atoms with E-state index in [0.29, 0.717) is 19.0 Å². The number of benzene rings is 1. The molecule has 4 nitrogen and oxygen atoms in total. The second-order valence-corrected chi connectivity index (χ2v) is 5.62. The molecule has 0 saturated carbocycles. The average Bonchev–Trinajstić information content (AvgIpc) is 2.45. The molecule has 1 aliphatic rings. The lowest BCUT2D eigenvalue weighted by Crippen LogP contribution is -2.44. The third kappa shape index (κ3) is 3.73. The van der Waals surface area contributed by atoms with Crippen LogP contribution in [0.1, 0.15) is 38.2 Å². The van der Waals surface area contributed by atoms with Gasteiger partial charge in [-0.05, 0) is 30.4 Å². The lowest BCUT2D eigenvalue weighted by atomic mass is 10.0. The standard InChI is InChI=1S/C16H23NO3/c1-12(2)14-7-3-4-8-15(14)20-11-16(19)17-9-5-6-13(18)10-17/h3-4,7-8,12-13,18H,5-6,9-11H2,1-2H3. The monoisotopic (exact) mass is 277 g/mol. The number of β-amino-alcohol motifs (C(OH)–C–C–N with tert-alkyl or cyclic N) is 1. The van der Waals surface area contributed by atoms with E-state index in [0.717, 1.165) is 24.2 Å². The molecule has 1 aliphatic heterocycles. The Hall–Kier alpha value is -1.55. The summed E-state index contributed by atoms with van der Waals surface area (Å²) in [6.45, 7) is 5.38. The molecule has 110 valence electrons. The molecular formula is C16H23NO3. The molecule has 0 spiro atoms. The Morgan fingerprint density at radius 1 is 1.45 bits per heavy atom. The normalized spacial score (nSPS) is 19.2. The Morgan fingerprint density at radius 3 is 2.90 bits per heavy atom. The van der Waals surface area contributed by atoms with E-state index in [4.69, 9.17) is 4.74 Å². The molecule has 20 heavy (non-hydrogen) atoms. The number of hydrogen-bond acceptors (Lipinski definition) is 3. The fourth-order valence-electron chi connectivity index (χ4n) is 2.50. The van der Waals surface area contributed by atoms with Gasteiger partial charge in [-0.3, -0.25) is 4.79 Å². The van der Waals surface area contributed by atoms with Crippen molar-refractivity contribution >= 4 is 5.91 Å². The number of piperidine rings is 1. The fourth-order valence-corrected chi connectivity index (χ4v) is 2.50. The zero-order chi connectivity index (χ0) is 14.5. The first-order chi connectivity index (χ1) is 9.58. The van der Waals surface area contributed by atoms with Crippen LogP contribution in [0.25, 0.3) is 0 Å². The van der Waals surface area contributed by atoms with Crippen molar-refractivity contribution in [3.63, 3.8) is 0 Å². The molecule has 1 atom stereocenters. The highest BCUT2D eigenvalue weighted by Crippen LogP contribution is 2.25. The van der Waals surface area contributed by atoms with Gasteiger partial charge in [0.25, 0.3) is 5.91 Å². The van der Waals surface area contributed by atoms with Gasteiger partial charge in [-0.2, -0.15) is 0 Å². The Balaban J connectivity index is 1.93.